The van der Waals surface area contributed by atoms with Crippen LogP contribution in [-0.4, -0.2) is 0 Å². The smallest absolute Gasteiger partial charge is 0.157 e. The molecule has 0 spiro atoms. The van der Waals surface area contributed by atoms with Gasteiger partial charge in [0.05, 0.1) is 0 Å². The second-order valence-electron chi connectivity index (χ2n) is 13.3. The molecular formula is C32H50OP2. The Morgan fingerprint density at radius 1 is 0.714 bits per heavy atom. The molecule has 0 amide bonds. The topological polar surface area (TPSA) is 9.23 Å². The number of hydrogen-bond donors (Lipinski definition) is 0. The second-order valence-corrected chi connectivity index (χ2v) is 15.4. The van der Waals surface area contributed by atoms with Crippen molar-refractivity contribution >= 4 is 21.3 Å². The molecule has 1 nitrogen and oxygen atoms in total. The molecule has 2 rings (SSSR count). The lowest BCUT2D eigenvalue weighted by molar-refractivity contribution is 0.554. The molecule has 0 radical (unpaired) electrons. The summed E-state index contributed by atoms with van der Waals surface area (Å²) in [5.41, 5.74) is 7.27. The number of para-hydroxylation sites is 1. The standard InChI is InChI=1S/C32H50OP2/c1-14-21(3)24-17-16-18-25(22(4)15-2)28(24)33-35-34-29-26(31(8,9)10)19-23(30(5,6)7)20-27(29)32(11,12)13/h16-22H,14-15H2,1-13H3. The lowest BCUT2D eigenvalue weighted by atomic mass is 9.75. The first kappa shape index (κ1) is 30.1. The van der Waals surface area contributed by atoms with E-state index in [1.807, 2.05) is 0 Å². The van der Waals surface area contributed by atoms with E-state index < -0.39 is 0 Å². The Kier molecular flexibility index (Phi) is 9.87. The Balaban J connectivity index is 2.71. The van der Waals surface area contributed by atoms with Crippen LogP contribution in [-0.2, 0) is 16.2 Å². The Morgan fingerprint density at radius 2 is 1.14 bits per heavy atom. The van der Waals surface area contributed by atoms with Gasteiger partial charge in [0.1, 0.15) is 5.75 Å². The van der Waals surface area contributed by atoms with Crippen LogP contribution < -0.4 is 9.83 Å². The van der Waals surface area contributed by atoms with Gasteiger partial charge in [-0.05, 0) is 68.7 Å². The highest BCUT2D eigenvalue weighted by atomic mass is 31.7. The fraction of sp³-hybridized carbons (Fsp3) is 0.625. The van der Waals surface area contributed by atoms with E-state index >= 15 is 0 Å². The summed E-state index contributed by atoms with van der Waals surface area (Å²) in [4.78, 5) is 0. The zero-order chi connectivity index (χ0) is 26.8. The molecule has 0 aliphatic heterocycles. The first-order valence-electron chi connectivity index (χ1n) is 13.4. The van der Waals surface area contributed by atoms with Crippen molar-refractivity contribution in [1.82, 2.24) is 0 Å². The fourth-order valence-electron chi connectivity index (χ4n) is 4.32. The maximum absolute atomic E-state index is 6.71. The summed E-state index contributed by atoms with van der Waals surface area (Å²) in [6.07, 6.45) is 2.23. The molecule has 35 heavy (non-hydrogen) atoms. The van der Waals surface area contributed by atoms with Gasteiger partial charge in [-0.25, -0.2) is 0 Å². The minimum atomic E-state index is 0.0651. The minimum absolute atomic E-state index is 0.0651. The summed E-state index contributed by atoms with van der Waals surface area (Å²) in [5.74, 6) is 2.09. The van der Waals surface area contributed by atoms with Crippen LogP contribution in [0.1, 0.15) is 143 Å². The molecule has 3 heteroatoms. The first-order valence-corrected chi connectivity index (χ1v) is 15.8. The zero-order valence-corrected chi connectivity index (χ0v) is 26.5. The largest absolute Gasteiger partial charge is 0.434 e. The number of rotatable bonds is 7. The molecule has 0 saturated heterocycles. The van der Waals surface area contributed by atoms with Crippen LogP contribution in [0.3, 0.4) is 0 Å². The molecule has 0 aromatic heterocycles. The second kappa shape index (κ2) is 11.5. The molecule has 0 fully saturated rings. The van der Waals surface area contributed by atoms with E-state index in [4.69, 9.17) is 4.52 Å². The van der Waals surface area contributed by atoms with Crippen LogP contribution in [0.15, 0.2) is 30.3 Å². The fourth-order valence-corrected chi connectivity index (χ4v) is 7.00. The minimum Gasteiger partial charge on any atom is -0.434 e. The Hall–Kier alpha value is -1.16. The van der Waals surface area contributed by atoms with Crippen LogP contribution in [0.2, 0.25) is 0 Å². The molecule has 0 bridgehead atoms. The van der Waals surface area contributed by atoms with Crippen molar-refractivity contribution in [2.24, 2.45) is 0 Å². The van der Waals surface area contributed by atoms with Gasteiger partial charge in [-0.3, -0.25) is 0 Å². The van der Waals surface area contributed by atoms with Crippen LogP contribution in [0.4, 0.5) is 0 Å². The van der Waals surface area contributed by atoms with Gasteiger partial charge in [-0.1, -0.05) is 120 Å². The Morgan fingerprint density at radius 3 is 1.49 bits per heavy atom. The molecule has 0 aliphatic carbocycles. The molecule has 0 heterocycles. The molecule has 2 atom stereocenters. The maximum atomic E-state index is 6.71. The molecule has 0 saturated carbocycles. The van der Waals surface area contributed by atoms with Crippen molar-refractivity contribution < 1.29 is 4.52 Å². The predicted octanol–water partition coefficient (Wildman–Crippen LogP) is 11.0. The number of benzene rings is 2. The molecule has 0 N–H and O–H groups in total. The lowest BCUT2D eigenvalue weighted by Crippen LogP contribution is -2.29. The van der Waals surface area contributed by atoms with E-state index in [1.165, 1.54) is 41.0 Å². The van der Waals surface area contributed by atoms with E-state index in [1.54, 1.807) is 0 Å². The third-order valence-corrected chi connectivity index (χ3v) is 9.35. The summed E-state index contributed by atoms with van der Waals surface area (Å²) >= 11 is 0. The highest BCUT2D eigenvalue weighted by Gasteiger charge is 2.28. The van der Waals surface area contributed by atoms with Crippen molar-refractivity contribution in [2.75, 3.05) is 0 Å². The van der Waals surface area contributed by atoms with Gasteiger partial charge in [0.15, 0.2) is 8.09 Å². The van der Waals surface area contributed by atoms with Gasteiger partial charge in [-0.15, -0.1) is 0 Å². The van der Waals surface area contributed by atoms with Gasteiger partial charge >= 0.3 is 0 Å². The quantitative estimate of drug-likeness (QED) is 0.335. The summed E-state index contributed by atoms with van der Waals surface area (Å²) < 4.78 is 6.71. The summed E-state index contributed by atoms with van der Waals surface area (Å²) in [6.45, 7) is 30.2. The van der Waals surface area contributed by atoms with E-state index in [0.717, 1.165) is 26.7 Å². The molecule has 2 unspecified atom stereocenters. The highest BCUT2D eigenvalue weighted by molar-refractivity contribution is 7.85. The van der Waals surface area contributed by atoms with Crippen LogP contribution in [0.5, 0.6) is 5.75 Å². The molecule has 194 valence electrons. The average Bonchev–Trinajstić information content (AvgIpc) is 2.75. The zero-order valence-electron chi connectivity index (χ0n) is 24.8. The van der Waals surface area contributed by atoms with Crippen molar-refractivity contribution in [2.45, 2.75) is 131 Å². The lowest BCUT2D eigenvalue weighted by Gasteiger charge is -2.32. The molecule has 0 aliphatic rings. The van der Waals surface area contributed by atoms with Gasteiger partial charge in [0, 0.05) is 13.2 Å². The third-order valence-electron chi connectivity index (χ3n) is 7.23. The number of hydrogen-bond acceptors (Lipinski definition) is 1. The summed E-state index contributed by atoms with van der Waals surface area (Å²) in [7, 11) is 2.20. The normalized spacial score (nSPS) is 14.9. The van der Waals surface area contributed by atoms with Crippen LogP contribution >= 0.6 is 16.0 Å². The first-order chi connectivity index (χ1) is 16.0. The maximum Gasteiger partial charge on any atom is 0.157 e. The van der Waals surface area contributed by atoms with E-state index in [9.17, 15) is 0 Å². The summed E-state index contributed by atoms with van der Waals surface area (Å²) in [5, 5.41) is 1.44. The SMILES string of the molecule is CCC(C)c1cccc(C(C)CC)c1OP=Pc1c(C(C)(C)C)cc(C(C)(C)C)cc1C(C)(C)C. The predicted molar refractivity (Wildman–Crippen MR) is 160 cm³/mol. The van der Waals surface area contributed by atoms with Crippen LogP contribution in [0, 0.1) is 0 Å². The Labute approximate surface area is 220 Å². The third kappa shape index (κ3) is 7.43. The van der Waals surface area contributed by atoms with Gasteiger partial charge in [-0.2, -0.15) is 0 Å². The highest BCUT2D eigenvalue weighted by Crippen LogP contribution is 2.41. The van der Waals surface area contributed by atoms with Crippen LogP contribution in [0.25, 0.3) is 0 Å². The van der Waals surface area contributed by atoms with Crippen molar-refractivity contribution in [3.8, 4) is 5.75 Å². The molecule has 2 aromatic carbocycles. The molecule has 2 aromatic rings. The van der Waals surface area contributed by atoms with Gasteiger partial charge < -0.3 is 4.52 Å². The van der Waals surface area contributed by atoms with E-state index in [0.29, 0.717) is 11.8 Å². The Bertz CT molecular complexity index is 966. The van der Waals surface area contributed by atoms with Crippen molar-refractivity contribution in [3.05, 3.63) is 58.1 Å². The monoisotopic (exact) mass is 512 g/mol. The molecular weight excluding hydrogens is 462 g/mol. The average molecular weight is 513 g/mol. The van der Waals surface area contributed by atoms with Crippen molar-refractivity contribution in [3.63, 3.8) is 0 Å². The van der Waals surface area contributed by atoms with Crippen molar-refractivity contribution in [1.29, 1.82) is 0 Å². The van der Waals surface area contributed by atoms with E-state index in [2.05, 4.69) is 120 Å². The van der Waals surface area contributed by atoms with Gasteiger partial charge in [0.2, 0.25) is 0 Å². The van der Waals surface area contributed by atoms with E-state index in [-0.39, 0.29) is 16.2 Å². The van der Waals surface area contributed by atoms with Gasteiger partial charge in [0.25, 0.3) is 0 Å². The summed E-state index contributed by atoms with van der Waals surface area (Å²) in [6, 6.07) is 11.7.